The Hall–Kier alpha value is -2.34. The number of hydrogen-bond acceptors (Lipinski definition) is 3. The van der Waals surface area contributed by atoms with Crippen molar-refractivity contribution >= 4 is 29.1 Å². The van der Waals surface area contributed by atoms with E-state index in [2.05, 4.69) is 10.4 Å². The number of aromatic nitrogens is 2. The van der Waals surface area contributed by atoms with Crippen LogP contribution in [0.25, 0.3) is 0 Å². The van der Waals surface area contributed by atoms with Gasteiger partial charge < -0.3 is 10.2 Å². The largest absolute Gasteiger partial charge is 0.345 e. The summed E-state index contributed by atoms with van der Waals surface area (Å²) in [5.41, 5.74) is 1.93. The van der Waals surface area contributed by atoms with Crippen LogP contribution in [-0.2, 0) is 7.05 Å². The van der Waals surface area contributed by atoms with E-state index in [1.54, 1.807) is 52.5 Å². The van der Waals surface area contributed by atoms with Crippen LogP contribution in [0.15, 0.2) is 24.4 Å². The van der Waals surface area contributed by atoms with Gasteiger partial charge in [-0.15, -0.1) is 0 Å². The van der Waals surface area contributed by atoms with E-state index in [-0.39, 0.29) is 16.6 Å². The molecule has 6 nitrogen and oxygen atoms in total. The van der Waals surface area contributed by atoms with Gasteiger partial charge in [0.25, 0.3) is 11.8 Å². The van der Waals surface area contributed by atoms with E-state index in [0.717, 1.165) is 0 Å². The topological polar surface area (TPSA) is 67.2 Å². The summed E-state index contributed by atoms with van der Waals surface area (Å²) in [7, 11) is 5.05. The summed E-state index contributed by atoms with van der Waals surface area (Å²) in [4.78, 5) is 25.8. The first-order chi connectivity index (χ1) is 10.3. The van der Waals surface area contributed by atoms with Crippen LogP contribution in [0.2, 0.25) is 5.02 Å². The second-order valence-corrected chi connectivity index (χ2v) is 5.54. The lowest BCUT2D eigenvalue weighted by Gasteiger charge is -2.15. The van der Waals surface area contributed by atoms with Gasteiger partial charge in [0.2, 0.25) is 0 Å². The first-order valence-corrected chi connectivity index (χ1v) is 7.00. The Kier molecular flexibility index (Phi) is 4.51. The van der Waals surface area contributed by atoms with Crippen molar-refractivity contribution in [1.29, 1.82) is 0 Å². The van der Waals surface area contributed by atoms with Gasteiger partial charge in [0, 0.05) is 38.6 Å². The maximum atomic E-state index is 12.2. The zero-order valence-corrected chi connectivity index (χ0v) is 13.6. The van der Waals surface area contributed by atoms with Crippen LogP contribution in [0.3, 0.4) is 0 Å². The van der Waals surface area contributed by atoms with Crippen LogP contribution in [0.4, 0.5) is 5.69 Å². The van der Waals surface area contributed by atoms with Crippen molar-refractivity contribution in [2.75, 3.05) is 19.4 Å². The number of carbonyl (C=O) groups excluding carboxylic acids is 2. The SMILES string of the molecule is Cc1c(NC(=O)c2nn(C)cc2Cl)cccc1C(=O)N(C)C. The number of benzene rings is 1. The summed E-state index contributed by atoms with van der Waals surface area (Å²) >= 11 is 5.96. The molecule has 0 bridgehead atoms. The lowest BCUT2D eigenvalue weighted by atomic mass is 10.1. The summed E-state index contributed by atoms with van der Waals surface area (Å²) in [6.45, 7) is 1.78. The fraction of sp³-hybridized carbons (Fsp3) is 0.267. The van der Waals surface area contributed by atoms with Crippen LogP contribution < -0.4 is 5.32 Å². The molecule has 0 saturated carbocycles. The monoisotopic (exact) mass is 320 g/mol. The van der Waals surface area contributed by atoms with Gasteiger partial charge in [-0.2, -0.15) is 5.10 Å². The molecular formula is C15H17ClN4O2. The maximum Gasteiger partial charge on any atom is 0.277 e. The third-order valence-electron chi connectivity index (χ3n) is 3.22. The Morgan fingerprint density at radius 1 is 1.32 bits per heavy atom. The van der Waals surface area contributed by atoms with Gasteiger partial charge in [-0.3, -0.25) is 14.3 Å². The van der Waals surface area contributed by atoms with Crippen molar-refractivity contribution in [3.8, 4) is 0 Å². The highest BCUT2D eigenvalue weighted by atomic mass is 35.5. The van der Waals surface area contributed by atoms with Gasteiger partial charge in [-0.25, -0.2) is 0 Å². The maximum absolute atomic E-state index is 12.2. The molecule has 0 spiro atoms. The van der Waals surface area contributed by atoms with Crippen molar-refractivity contribution in [3.63, 3.8) is 0 Å². The molecule has 0 saturated heterocycles. The third kappa shape index (κ3) is 3.12. The molecule has 1 heterocycles. The molecule has 2 amide bonds. The van der Waals surface area contributed by atoms with Gasteiger partial charge in [0.15, 0.2) is 5.69 Å². The van der Waals surface area contributed by atoms with Crippen LogP contribution >= 0.6 is 11.6 Å². The van der Waals surface area contributed by atoms with Crippen LogP contribution in [0, 0.1) is 6.92 Å². The number of nitrogens with zero attached hydrogens (tertiary/aromatic N) is 3. The van der Waals surface area contributed by atoms with Gasteiger partial charge >= 0.3 is 0 Å². The third-order valence-corrected chi connectivity index (χ3v) is 3.49. The zero-order valence-electron chi connectivity index (χ0n) is 12.8. The number of rotatable bonds is 3. The molecule has 22 heavy (non-hydrogen) atoms. The van der Waals surface area contributed by atoms with E-state index >= 15 is 0 Å². The number of carbonyl (C=O) groups is 2. The molecule has 0 unspecified atom stereocenters. The molecule has 1 aromatic carbocycles. The van der Waals surface area contributed by atoms with Crippen LogP contribution in [-0.4, -0.2) is 40.6 Å². The second-order valence-electron chi connectivity index (χ2n) is 5.13. The highest BCUT2D eigenvalue weighted by Gasteiger charge is 2.18. The van der Waals surface area contributed by atoms with E-state index in [4.69, 9.17) is 11.6 Å². The fourth-order valence-corrected chi connectivity index (χ4v) is 2.30. The zero-order chi connectivity index (χ0) is 16.4. The van der Waals surface area contributed by atoms with Crippen molar-refractivity contribution in [2.45, 2.75) is 6.92 Å². The summed E-state index contributed by atoms with van der Waals surface area (Å²) in [5.74, 6) is -0.535. The van der Waals surface area contributed by atoms with Gasteiger partial charge in [0.05, 0.1) is 5.02 Å². The van der Waals surface area contributed by atoms with Gasteiger partial charge in [-0.05, 0) is 24.6 Å². The second kappa shape index (κ2) is 6.19. The minimum absolute atomic E-state index is 0.121. The van der Waals surface area contributed by atoms with Crippen molar-refractivity contribution in [3.05, 3.63) is 46.2 Å². The van der Waals surface area contributed by atoms with E-state index < -0.39 is 5.91 Å². The Balaban J connectivity index is 2.31. The highest BCUT2D eigenvalue weighted by molar-refractivity contribution is 6.34. The smallest absolute Gasteiger partial charge is 0.277 e. The van der Waals surface area contributed by atoms with E-state index in [0.29, 0.717) is 16.8 Å². The normalized spacial score (nSPS) is 10.4. The minimum atomic E-state index is -0.414. The molecule has 0 radical (unpaired) electrons. The molecule has 0 fully saturated rings. The fourth-order valence-electron chi connectivity index (χ4n) is 2.04. The predicted octanol–water partition coefficient (Wildman–Crippen LogP) is 2.34. The van der Waals surface area contributed by atoms with E-state index in [9.17, 15) is 9.59 Å². The van der Waals surface area contributed by atoms with Crippen LogP contribution in [0.1, 0.15) is 26.4 Å². The first kappa shape index (κ1) is 16.0. The lowest BCUT2D eigenvalue weighted by molar-refractivity contribution is 0.0826. The highest BCUT2D eigenvalue weighted by Crippen LogP contribution is 2.22. The quantitative estimate of drug-likeness (QED) is 0.944. The molecule has 0 atom stereocenters. The van der Waals surface area contributed by atoms with Crippen molar-refractivity contribution in [2.24, 2.45) is 7.05 Å². The first-order valence-electron chi connectivity index (χ1n) is 6.63. The Morgan fingerprint density at radius 3 is 2.55 bits per heavy atom. The average Bonchev–Trinajstić information content (AvgIpc) is 2.79. The summed E-state index contributed by atoms with van der Waals surface area (Å²) in [6, 6.07) is 5.18. The summed E-state index contributed by atoms with van der Waals surface area (Å²) < 4.78 is 1.47. The molecule has 1 aromatic heterocycles. The number of nitrogens with one attached hydrogen (secondary N) is 1. The molecule has 2 aromatic rings. The Morgan fingerprint density at radius 2 is 2.00 bits per heavy atom. The Labute approximate surface area is 133 Å². The Bertz CT molecular complexity index is 737. The molecular weight excluding hydrogens is 304 g/mol. The molecule has 2 rings (SSSR count). The number of halogens is 1. The molecule has 0 aliphatic carbocycles. The van der Waals surface area contributed by atoms with Gasteiger partial charge in [0.1, 0.15) is 0 Å². The predicted molar refractivity (Wildman–Crippen MR) is 85.4 cm³/mol. The number of anilines is 1. The summed E-state index contributed by atoms with van der Waals surface area (Å²) in [5, 5.41) is 7.04. The van der Waals surface area contributed by atoms with E-state index in [1.807, 2.05) is 0 Å². The number of amides is 2. The molecule has 0 aliphatic rings. The average molecular weight is 321 g/mol. The van der Waals surface area contributed by atoms with Crippen molar-refractivity contribution in [1.82, 2.24) is 14.7 Å². The standard InChI is InChI=1S/C15H17ClN4O2/c1-9-10(15(22)19(2)3)6-5-7-12(9)17-14(21)13-11(16)8-20(4)18-13/h5-8H,1-4H3,(H,17,21). The number of aryl methyl sites for hydroxylation is 1. The van der Waals surface area contributed by atoms with Crippen LogP contribution in [0.5, 0.6) is 0 Å². The van der Waals surface area contributed by atoms with Gasteiger partial charge in [-0.1, -0.05) is 17.7 Å². The molecule has 0 aliphatic heterocycles. The minimum Gasteiger partial charge on any atom is -0.345 e. The number of hydrogen-bond donors (Lipinski definition) is 1. The lowest BCUT2D eigenvalue weighted by Crippen LogP contribution is -2.23. The molecule has 116 valence electrons. The van der Waals surface area contributed by atoms with Crippen molar-refractivity contribution < 1.29 is 9.59 Å². The van der Waals surface area contributed by atoms with E-state index in [1.165, 1.54) is 9.58 Å². The summed E-state index contributed by atoms with van der Waals surface area (Å²) in [6.07, 6.45) is 1.55. The molecule has 1 N–H and O–H groups in total. The molecule has 7 heteroatoms.